The number of carbonyl (C=O) groups excluding carboxylic acids is 1. The number of carbonyl (C=O) groups is 2. The number of aromatic nitrogens is 2. The standard InChI is InChI=1S/C20H25F3N4O3/c1-12-17(13(2)27(4)25-12)11-26(3)10-14(19(29)30)8-18(28)24-16-7-5-6-15(9-16)20(21,22)23/h5-7,9,14H,8,10-11H2,1-4H3,(H,24,28)(H,29,30). The second-order valence-corrected chi connectivity index (χ2v) is 7.34. The van der Waals surface area contributed by atoms with E-state index in [1.165, 1.54) is 12.1 Å². The van der Waals surface area contributed by atoms with E-state index in [9.17, 15) is 27.9 Å². The molecule has 164 valence electrons. The number of aryl methyl sites for hydroxylation is 2. The van der Waals surface area contributed by atoms with Crippen LogP contribution in [-0.4, -0.2) is 45.3 Å². The minimum Gasteiger partial charge on any atom is -0.481 e. The van der Waals surface area contributed by atoms with E-state index >= 15 is 0 Å². The quantitative estimate of drug-likeness (QED) is 0.677. The Bertz CT molecular complexity index is 925. The van der Waals surface area contributed by atoms with Crippen molar-refractivity contribution in [3.05, 3.63) is 46.8 Å². The van der Waals surface area contributed by atoms with E-state index in [1.54, 1.807) is 16.6 Å². The van der Waals surface area contributed by atoms with Crippen molar-refractivity contribution < 1.29 is 27.9 Å². The molecule has 1 unspecified atom stereocenters. The Labute approximate surface area is 172 Å². The van der Waals surface area contributed by atoms with Gasteiger partial charge < -0.3 is 15.3 Å². The van der Waals surface area contributed by atoms with Crippen LogP contribution in [0.25, 0.3) is 0 Å². The SMILES string of the molecule is Cc1nn(C)c(C)c1CN(C)CC(CC(=O)Nc1cccc(C(F)(F)F)c1)C(=O)O. The number of carboxylic acids is 1. The minimum atomic E-state index is -4.53. The highest BCUT2D eigenvalue weighted by molar-refractivity contribution is 5.93. The van der Waals surface area contributed by atoms with Crippen LogP contribution in [0.1, 0.15) is 28.9 Å². The number of benzene rings is 1. The molecule has 2 aromatic rings. The summed E-state index contributed by atoms with van der Waals surface area (Å²) in [6.07, 6.45) is -4.89. The van der Waals surface area contributed by atoms with Crippen LogP contribution in [-0.2, 0) is 29.4 Å². The summed E-state index contributed by atoms with van der Waals surface area (Å²) in [5.41, 5.74) is 1.87. The maximum Gasteiger partial charge on any atom is 0.416 e. The van der Waals surface area contributed by atoms with Gasteiger partial charge in [0, 0.05) is 43.5 Å². The Morgan fingerprint density at radius 3 is 2.50 bits per heavy atom. The van der Waals surface area contributed by atoms with E-state index in [0.29, 0.717) is 6.54 Å². The number of hydrogen-bond acceptors (Lipinski definition) is 4. The summed E-state index contributed by atoms with van der Waals surface area (Å²) < 4.78 is 40.1. The fourth-order valence-electron chi connectivity index (χ4n) is 3.20. The Morgan fingerprint density at radius 2 is 1.97 bits per heavy atom. The number of alkyl halides is 3. The Balaban J connectivity index is 2.01. The van der Waals surface area contributed by atoms with Crippen molar-refractivity contribution in [2.45, 2.75) is 33.0 Å². The van der Waals surface area contributed by atoms with Gasteiger partial charge in [0.15, 0.2) is 0 Å². The van der Waals surface area contributed by atoms with Gasteiger partial charge in [-0.3, -0.25) is 14.3 Å². The number of carboxylic acid groups (broad SMARTS) is 1. The van der Waals surface area contributed by atoms with Crippen LogP contribution in [0.5, 0.6) is 0 Å². The Kier molecular flexibility index (Phi) is 7.25. The summed E-state index contributed by atoms with van der Waals surface area (Å²) in [5.74, 6) is -2.83. The average molecular weight is 426 g/mol. The van der Waals surface area contributed by atoms with Gasteiger partial charge in [-0.25, -0.2) is 0 Å². The van der Waals surface area contributed by atoms with Crippen LogP contribution in [0.4, 0.5) is 18.9 Å². The normalized spacial score (nSPS) is 12.8. The van der Waals surface area contributed by atoms with Crippen molar-refractivity contribution in [1.82, 2.24) is 14.7 Å². The van der Waals surface area contributed by atoms with Crippen LogP contribution in [0, 0.1) is 19.8 Å². The highest BCUT2D eigenvalue weighted by Gasteiger charge is 2.30. The first kappa shape index (κ1) is 23.4. The lowest BCUT2D eigenvalue weighted by molar-refractivity contribution is -0.144. The van der Waals surface area contributed by atoms with Gasteiger partial charge in [0.1, 0.15) is 0 Å². The first-order chi connectivity index (χ1) is 13.9. The van der Waals surface area contributed by atoms with Gasteiger partial charge in [0.2, 0.25) is 5.91 Å². The number of nitrogens with one attached hydrogen (secondary N) is 1. The van der Waals surface area contributed by atoms with Crippen LogP contribution >= 0.6 is 0 Å². The van der Waals surface area contributed by atoms with E-state index in [1.807, 2.05) is 20.9 Å². The van der Waals surface area contributed by atoms with Crippen molar-refractivity contribution in [1.29, 1.82) is 0 Å². The second kappa shape index (κ2) is 9.29. The van der Waals surface area contributed by atoms with E-state index in [0.717, 1.165) is 29.1 Å². The summed E-state index contributed by atoms with van der Waals surface area (Å²) in [6.45, 7) is 4.34. The molecule has 10 heteroatoms. The van der Waals surface area contributed by atoms with Gasteiger partial charge in [-0.1, -0.05) is 6.07 Å². The van der Waals surface area contributed by atoms with Crippen molar-refractivity contribution >= 4 is 17.6 Å². The highest BCUT2D eigenvalue weighted by atomic mass is 19.4. The highest BCUT2D eigenvalue weighted by Crippen LogP contribution is 2.30. The van der Waals surface area contributed by atoms with Gasteiger partial charge in [-0.15, -0.1) is 0 Å². The van der Waals surface area contributed by atoms with Crippen molar-refractivity contribution in [3.8, 4) is 0 Å². The number of hydrogen-bond donors (Lipinski definition) is 2. The molecule has 1 amide bonds. The molecular weight excluding hydrogens is 401 g/mol. The zero-order chi connectivity index (χ0) is 22.6. The smallest absolute Gasteiger partial charge is 0.416 e. The molecule has 1 aromatic heterocycles. The van der Waals surface area contributed by atoms with E-state index in [2.05, 4.69) is 10.4 Å². The zero-order valence-electron chi connectivity index (χ0n) is 17.2. The van der Waals surface area contributed by atoms with Crippen molar-refractivity contribution in [2.24, 2.45) is 13.0 Å². The summed E-state index contributed by atoms with van der Waals surface area (Å²) in [4.78, 5) is 25.7. The summed E-state index contributed by atoms with van der Waals surface area (Å²) in [5, 5.41) is 16.2. The maximum absolute atomic E-state index is 12.8. The molecule has 0 fully saturated rings. The summed E-state index contributed by atoms with van der Waals surface area (Å²) in [7, 11) is 3.57. The molecule has 0 radical (unpaired) electrons. The number of aliphatic carboxylic acids is 1. The van der Waals surface area contributed by atoms with E-state index in [4.69, 9.17) is 0 Å². The van der Waals surface area contributed by atoms with Gasteiger partial charge in [-0.05, 0) is 39.1 Å². The molecule has 0 aliphatic rings. The van der Waals surface area contributed by atoms with Gasteiger partial charge in [0.05, 0.1) is 17.2 Å². The maximum atomic E-state index is 12.8. The summed E-state index contributed by atoms with van der Waals surface area (Å²) in [6, 6.07) is 4.21. The van der Waals surface area contributed by atoms with E-state index in [-0.39, 0.29) is 18.7 Å². The molecule has 1 heterocycles. The number of anilines is 1. The molecule has 2 rings (SSSR count). The molecule has 30 heavy (non-hydrogen) atoms. The lowest BCUT2D eigenvalue weighted by atomic mass is 10.0. The largest absolute Gasteiger partial charge is 0.481 e. The van der Waals surface area contributed by atoms with Crippen LogP contribution in [0.2, 0.25) is 0 Å². The third kappa shape index (κ3) is 6.06. The van der Waals surface area contributed by atoms with Gasteiger partial charge in [-0.2, -0.15) is 18.3 Å². The van der Waals surface area contributed by atoms with Gasteiger partial charge in [0.25, 0.3) is 0 Å². The molecule has 0 saturated heterocycles. The molecule has 0 bridgehead atoms. The molecule has 0 saturated carbocycles. The van der Waals surface area contributed by atoms with Crippen molar-refractivity contribution in [3.63, 3.8) is 0 Å². The lowest BCUT2D eigenvalue weighted by Gasteiger charge is -2.21. The topological polar surface area (TPSA) is 87.5 Å². The predicted octanol–water partition coefficient (Wildman–Crippen LogP) is 3.22. The predicted molar refractivity (Wildman–Crippen MR) is 105 cm³/mol. The molecule has 0 aliphatic heterocycles. The number of amides is 1. The monoisotopic (exact) mass is 426 g/mol. The molecule has 0 aliphatic carbocycles. The lowest BCUT2D eigenvalue weighted by Crippen LogP contribution is -2.33. The summed E-state index contributed by atoms with van der Waals surface area (Å²) >= 11 is 0. The number of halogens is 3. The fourth-order valence-corrected chi connectivity index (χ4v) is 3.20. The van der Waals surface area contributed by atoms with Crippen LogP contribution in [0.15, 0.2) is 24.3 Å². The first-order valence-electron chi connectivity index (χ1n) is 9.26. The fraction of sp³-hybridized carbons (Fsp3) is 0.450. The molecule has 0 spiro atoms. The van der Waals surface area contributed by atoms with Crippen molar-refractivity contribution in [2.75, 3.05) is 18.9 Å². The Hall–Kier alpha value is -2.88. The van der Waals surface area contributed by atoms with Gasteiger partial charge >= 0.3 is 12.1 Å². The van der Waals surface area contributed by atoms with Crippen LogP contribution in [0.3, 0.4) is 0 Å². The average Bonchev–Trinajstić information content (AvgIpc) is 2.86. The second-order valence-electron chi connectivity index (χ2n) is 7.34. The molecule has 1 aromatic carbocycles. The zero-order valence-corrected chi connectivity index (χ0v) is 17.2. The molecule has 2 N–H and O–H groups in total. The minimum absolute atomic E-state index is 0.0334. The Morgan fingerprint density at radius 1 is 1.30 bits per heavy atom. The third-order valence-electron chi connectivity index (χ3n) is 4.87. The van der Waals surface area contributed by atoms with Crippen LogP contribution < -0.4 is 5.32 Å². The number of rotatable bonds is 8. The van der Waals surface area contributed by atoms with E-state index < -0.39 is 29.5 Å². The molecule has 7 nitrogen and oxygen atoms in total. The number of nitrogens with zero attached hydrogens (tertiary/aromatic N) is 3. The first-order valence-corrected chi connectivity index (χ1v) is 9.26. The molecular formula is C20H25F3N4O3. The third-order valence-corrected chi connectivity index (χ3v) is 4.87. The molecule has 1 atom stereocenters.